The number of nitriles is 1. The Morgan fingerprint density at radius 3 is 2.62 bits per heavy atom. The Morgan fingerprint density at radius 1 is 1.43 bits per heavy atom. The Bertz CT molecular complexity index is 588. The summed E-state index contributed by atoms with van der Waals surface area (Å²) in [6.07, 6.45) is 0.0764. The number of esters is 1. The van der Waals surface area contributed by atoms with Gasteiger partial charge in [-0.15, -0.1) is 12.6 Å². The van der Waals surface area contributed by atoms with Gasteiger partial charge in [-0.1, -0.05) is 0 Å². The van der Waals surface area contributed by atoms with E-state index in [1.165, 1.54) is 12.1 Å². The van der Waals surface area contributed by atoms with Crippen molar-refractivity contribution in [1.82, 2.24) is 10.3 Å². The van der Waals surface area contributed by atoms with Crippen LogP contribution in [0.2, 0.25) is 0 Å². The van der Waals surface area contributed by atoms with Gasteiger partial charge in [0.15, 0.2) is 0 Å². The molecule has 0 saturated heterocycles. The van der Waals surface area contributed by atoms with Crippen molar-refractivity contribution in [2.75, 3.05) is 6.54 Å². The molecule has 0 radical (unpaired) electrons. The number of ether oxygens (including phenoxy) is 1. The molecule has 1 heterocycles. The fourth-order valence-corrected chi connectivity index (χ4v) is 1.66. The third-order valence-corrected chi connectivity index (χ3v) is 2.60. The zero-order valence-corrected chi connectivity index (χ0v) is 13.0. The third-order valence-electron chi connectivity index (χ3n) is 2.26. The highest BCUT2D eigenvalue weighted by molar-refractivity contribution is 7.80. The summed E-state index contributed by atoms with van der Waals surface area (Å²) < 4.78 is 5.12. The molecule has 0 atom stereocenters. The number of hydrogen-bond acceptors (Lipinski definition) is 6. The minimum atomic E-state index is -0.545. The Morgan fingerprint density at radius 2 is 2.10 bits per heavy atom. The van der Waals surface area contributed by atoms with Gasteiger partial charge in [0.1, 0.15) is 22.4 Å². The fourth-order valence-electron chi connectivity index (χ4n) is 1.42. The second-order valence-corrected chi connectivity index (χ2v) is 5.70. The number of thiol groups is 1. The molecule has 0 saturated carbocycles. The quantitative estimate of drug-likeness (QED) is 0.652. The molecular formula is C14H17N3O3S. The molecule has 0 aliphatic carbocycles. The molecule has 6 nitrogen and oxygen atoms in total. The van der Waals surface area contributed by atoms with Crippen LogP contribution in [-0.4, -0.2) is 29.0 Å². The van der Waals surface area contributed by atoms with Crippen molar-refractivity contribution in [3.05, 3.63) is 23.4 Å². The number of pyridine rings is 1. The van der Waals surface area contributed by atoms with E-state index in [1.54, 1.807) is 20.8 Å². The molecule has 1 aromatic heterocycles. The maximum atomic E-state index is 11.8. The first-order valence-corrected chi connectivity index (χ1v) is 6.78. The van der Waals surface area contributed by atoms with Crippen LogP contribution in [0.4, 0.5) is 0 Å². The average molecular weight is 307 g/mol. The molecule has 112 valence electrons. The molecule has 1 rings (SSSR count). The predicted octanol–water partition coefficient (Wildman–Crippen LogP) is 1.70. The van der Waals surface area contributed by atoms with Crippen LogP contribution in [-0.2, 0) is 9.53 Å². The van der Waals surface area contributed by atoms with Gasteiger partial charge in [0.2, 0.25) is 0 Å². The lowest BCUT2D eigenvalue weighted by atomic mass is 10.2. The van der Waals surface area contributed by atoms with Crippen molar-refractivity contribution in [3.8, 4) is 6.07 Å². The number of aromatic nitrogens is 1. The fraction of sp³-hybridized carbons (Fsp3) is 0.429. The molecule has 0 fully saturated rings. The standard InChI is InChI=1S/C14H17N3O3S/c1-14(2,3)20-11(18)6-7-16-12(19)10-5-4-9(8-15)13(21)17-10/h4-5H,6-7H2,1-3H3,(H,16,19)(H,17,21). The van der Waals surface area contributed by atoms with E-state index in [1.807, 2.05) is 6.07 Å². The summed E-state index contributed by atoms with van der Waals surface area (Å²) in [6, 6.07) is 4.81. The van der Waals surface area contributed by atoms with E-state index in [9.17, 15) is 9.59 Å². The van der Waals surface area contributed by atoms with Crippen LogP contribution < -0.4 is 5.32 Å². The molecule has 0 unspecified atom stereocenters. The van der Waals surface area contributed by atoms with Gasteiger partial charge in [-0.3, -0.25) is 9.59 Å². The molecule has 21 heavy (non-hydrogen) atoms. The monoisotopic (exact) mass is 307 g/mol. The summed E-state index contributed by atoms with van der Waals surface area (Å²) in [4.78, 5) is 27.2. The SMILES string of the molecule is CC(C)(C)OC(=O)CCNC(=O)c1ccc(C#N)c(S)n1. The molecule has 1 N–H and O–H groups in total. The van der Waals surface area contributed by atoms with Crippen molar-refractivity contribution < 1.29 is 14.3 Å². The second-order valence-electron chi connectivity index (χ2n) is 5.27. The van der Waals surface area contributed by atoms with Gasteiger partial charge in [-0.2, -0.15) is 5.26 Å². The van der Waals surface area contributed by atoms with E-state index in [4.69, 9.17) is 10.00 Å². The van der Waals surface area contributed by atoms with E-state index in [2.05, 4.69) is 22.9 Å². The number of amides is 1. The van der Waals surface area contributed by atoms with Crippen molar-refractivity contribution in [2.45, 2.75) is 37.8 Å². The van der Waals surface area contributed by atoms with Crippen LogP contribution >= 0.6 is 12.6 Å². The number of nitrogens with one attached hydrogen (secondary N) is 1. The van der Waals surface area contributed by atoms with E-state index >= 15 is 0 Å². The minimum Gasteiger partial charge on any atom is -0.460 e. The van der Waals surface area contributed by atoms with Gasteiger partial charge >= 0.3 is 5.97 Å². The van der Waals surface area contributed by atoms with E-state index < -0.39 is 11.5 Å². The predicted molar refractivity (Wildman–Crippen MR) is 79.0 cm³/mol. The van der Waals surface area contributed by atoms with Crippen molar-refractivity contribution in [2.24, 2.45) is 0 Å². The van der Waals surface area contributed by atoms with Crippen LogP contribution in [0.1, 0.15) is 43.2 Å². The number of hydrogen-bond donors (Lipinski definition) is 2. The number of carbonyl (C=O) groups is 2. The van der Waals surface area contributed by atoms with Crippen LogP contribution in [0.25, 0.3) is 0 Å². The summed E-state index contributed by atoms with van der Waals surface area (Å²) >= 11 is 4.02. The Kier molecular flexibility index (Phi) is 5.73. The van der Waals surface area contributed by atoms with E-state index in [-0.39, 0.29) is 29.7 Å². The zero-order chi connectivity index (χ0) is 16.0. The van der Waals surface area contributed by atoms with Crippen molar-refractivity contribution in [3.63, 3.8) is 0 Å². The summed E-state index contributed by atoms with van der Waals surface area (Å²) in [5, 5.41) is 11.5. The zero-order valence-electron chi connectivity index (χ0n) is 12.1. The topological polar surface area (TPSA) is 92.1 Å². The van der Waals surface area contributed by atoms with Gasteiger partial charge in [0.05, 0.1) is 12.0 Å². The smallest absolute Gasteiger partial charge is 0.308 e. The summed E-state index contributed by atoms with van der Waals surface area (Å²) in [5.41, 5.74) is -0.108. The molecule has 0 spiro atoms. The highest BCUT2D eigenvalue weighted by atomic mass is 32.1. The summed E-state index contributed by atoms with van der Waals surface area (Å²) in [7, 11) is 0. The van der Waals surface area contributed by atoms with Crippen LogP contribution in [0.15, 0.2) is 17.2 Å². The number of rotatable bonds is 4. The molecule has 0 aliphatic heterocycles. The van der Waals surface area contributed by atoms with Gasteiger partial charge in [0, 0.05) is 6.54 Å². The Labute approximate surface area is 128 Å². The summed E-state index contributed by atoms with van der Waals surface area (Å²) in [5.74, 6) is -0.816. The van der Waals surface area contributed by atoms with Gasteiger partial charge < -0.3 is 10.1 Å². The lowest BCUT2D eigenvalue weighted by Crippen LogP contribution is -2.30. The lowest BCUT2D eigenvalue weighted by molar-refractivity contribution is -0.154. The maximum Gasteiger partial charge on any atom is 0.308 e. The van der Waals surface area contributed by atoms with Gasteiger partial charge in [-0.05, 0) is 32.9 Å². The molecule has 0 bridgehead atoms. The van der Waals surface area contributed by atoms with E-state index in [0.717, 1.165) is 0 Å². The highest BCUT2D eigenvalue weighted by Crippen LogP contribution is 2.11. The average Bonchev–Trinajstić information content (AvgIpc) is 2.36. The lowest BCUT2D eigenvalue weighted by Gasteiger charge is -2.19. The van der Waals surface area contributed by atoms with Gasteiger partial charge in [-0.25, -0.2) is 4.98 Å². The van der Waals surface area contributed by atoms with Crippen LogP contribution in [0, 0.1) is 11.3 Å². The first kappa shape index (κ1) is 17.0. The molecule has 1 aromatic rings. The largest absolute Gasteiger partial charge is 0.460 e. The maximum absolute atomic E-state index is 11.8. The molecule has 7 heteroatoms. The van der Waals surface area contributed by atoms with Gasteiger partial charge in [0.25, 0.3) is 5.91 Å². The second kappa shape index (κ2) is 7.09. The van der Waals surface area contributed by atoms with Crippen molar-refractivity contribution in [1.29, 1.82) is 5.26 Å². The minimum absolute atomic E-state index is 0.0764. The third kappa shape index (κ3) is 5.83. The van der Waals surface area contributed by atoms with Crippen molar-refractivity contribution >= 4 is 24.5 Å². The normalized spacial score (nSPS) is 10.6. The van der Waals surface area contributed by atoms with Crippen LogP contribution in [0.5, 0.6) is 0 Å². The molecule has 0 aliphatic rings. The van der Waals surface area contributed by atoms with Crippen LogP contribution in [0.3, 0.4) is 0 Å². The summed E-state index contributed by atoms with van der Waals surface area (Å²) in [6.45, 7) is 5.48. The van der Waals surface area contributed by atoms with E-state index in [0.29, 0.717) is 5.56 Å². The number of nitrogens with zero attached hydrogens (tertiary/aromatic N) is 2. The first-order valence-electron chi connectivity index (χ1n) is 6.33. The Hall–Kier alpha value is -2.07. The molecule has 0 aromatic carbocycles. The first-order chi connectivity index (χ1) is 9.73. The molecular weight excluding hydrogens is 290 g/mol. The number of carbonyl (C=O) groups excluding carboxylic acids is 2. The Balaban J connectivity index is 2.50. The highest BCUT2D eigenvalue weighted by Gasteiger charge is 2.16. The molecule has 1 amide bonds.